The summed E-state index contributed by atoms with van der Waals surface area (Å²) in [6.45, 7) is 1.74. The highest BCUT2D eigenvalue weighted by Gasteiger charge is 2.32. The molecule has 0 aliphatic carbocycles. The molecule has 0 unspecified atom stereocenters. The molecule has 3 atom stereocenters. The quantitative estimate of drug-likeness (QED) is 0.261. The first-order valence-corrected chi connectivity index (χ1v) is 13.3. The lowest BCUT2D eigenvalue weighted by Crippen LogP contribution is -2.34. The number of urea groups is 1. The number of ether oxygens (including phenoxy) is 3. The number of hydrogen-bond acceptors (Lipinski definition) is 8. The molecule has 1 aliphatic rings. The first-order valence-electron chi connectivity index (χ1n) is 12.4. The third-order valence-corrected chi connectivity index (χ3v) is 7.12. The Morgan fingerprint density at radius 3 is 2.53 bits per heavy atom. The van der Waals surface area contributed by atoms with Gasteiger partial charge >= 0.3 is 12.0 Å². The van der Waals surface area contributed by atoms with Gasteiger partial charge in [-0.15, -0.1) is 0 Å². The summed E-state index contributed by atoms with van der Waals surface area (Å²) >= 11 is 1.63. The molecule has 2 heterocycles. The summed E-state index contributed by atoms with van der Waals surface area (Å²) in [6.07, 6.45) is 3.46. The van der Waals surface area contributed by atoms with Gasteiger partial charge in [0.05, 0.1) is 25.4 Å². The minimum absolute atomic E-state index is 0.0122. The van der Waals surface area contributed by atoms with Crippen LogP contribution in [0.3, 0.4) is 0 Å². The number of imidazole rings is 1. The molecule has 3 N–H and O–H groups in total. The number of nitrogens with one attached hydrogen (secondary N) is 2. The summed E-state index contributed by atoms with van der Waals surface area (Å²) in [4.78, 5) is 27.9. The van der Waals surface area contributed by atoms with Crippen molar-refractivity contribution in [1.29, 1.82) is 0 Å². The van der Waals surface area contributed by atoms with E-state index in [0.29, 0.717) is 17.9 Å². The van der Waals surface area contributed by atoms with Gasteiger partial charge in [0.15, 0.2) is 11.4 Å². The monoisotopic (exact) mass is 540 g/mol. The minimum Gasteiger partial charge on any atom is -0.465 e. The average Bonchev–Trinajstić information content (AvgIpc) is 3.35. The molecule has 0 saturated carbocycles. The van der Waals surface area contributed by atoms with Gasteiger partial charge in [0.25, 0.3) is 0 Å². The third kappa shape index (κ3) is 7.57. The van der Waals surface area contributed by atoms with Crippen LogP contribution in [-0.4, -0.2) is 51.7 Å². The number of thioether (sulfide) groups is 1. The van der Waals surface area contributed by atoms with Gasteiger partial charge in [-0.25, -0.2) is 9.78 Å². The van der Waals surface area contributed by atoms with Crippen LogP contribution in [0.5, 0.6) is 0 Å². The smallest absolute Gasteiger partial charge is 0.325 e. The molecule has 38 heavy (non-hydrogen) atoms. The Morgan fingerprint density at radius 1 is 1.13 bits per heavy atom. The Kier molecular flexibility index (Phi) is 9.77. The summed E-state index contributed by atoms with van der Waals surface area (Å²) in [6, 6.07) is 14.4. The van der Waals surface area contributed by atoms with Crippen molar-refractivity contribution in [1.82, 2.24) is 14.9 Å². The first kappa shape index (κ1) is 27.6. The zero-order valence-corrected chi connectivity index (χ0v) is 22.1. The fraction of sp³-hybridized carbons (Fsp3) is 0.370. The lowest BCUT2D eigenvalue weighted by molar-refractivity contribution is -0.245. The lowest BCUT2D eigenvalue weighted by Gasteiger charge is -2.36. The van der Waals surface area contributed by atoms with E-state index in [1.54, 1.807) is 37.0 Å². The Morgan fingerprint density at radius 2 is 1.87 bits per heavy atom. The van der Waals surface area contributed by atoms with E-state index in [2.05, 4.69) is 15.6 Å². The van der Waals surface area contributed by atoms with Crippen molar-refractivity contribution in [3.05, 3.63) is 77.6 Å². The van der Waals surface area contributed by atoms with E-state index in [1.807, 2.05) is 54.2 Å². The molecule has 1 aliphatic heterocycles. The maximum Gasteiger partial charge on any atom is 0.325 e. The summed E-state index contributed by atoms with van der Waals surface area (Å²) in [7, 11) is 1.96. The van der Waals surface area contributed by atoms with Crippen LogP contribution in [0.25, 0.3) is 0 Å². The van der Waals surface area contributed by atoms with Crippen molar-refractivity contribution in [2.75, 3.05) is 24.2 Å². The molecular weight excluding hydrogens is 508 g/mol. The predicted molar refractivity (Wildman–Crippen MR) is 142 cm³/mol. The fourth-order valence-electron chi connectivity index (χ4n) is 3.94. The van der Waals surface area contributed by atoms with Crippen molar-refractivity contribution in [2.45, 2.75) is 43.6 Å². The molecule has 0 spiro atoms. The molecule has 2 aromatic carbocycles. The van der Waals surface area contributed by atoms with Gasteiger partial charge in [0.1, 0.15) is 6.54 Å². The number of hydrogen-bond donors (Lipinski definition) is 3. The van der Waals surface area contributed by atoms with Crippen molar-refractivity contribution < 1.29 is 28.9 Å². The maximum atomic E-state index is 12.1. The second-order valence-corrected chi connectivity index (χ2v) is 9.70. The van der Waals surface area contributed by atoms with Crippen LogP contribution in [-0.2, 0) is 32.7 Å². The number of aliphatic hydroxyl groups excluding tert-OH is 1. The van der Waals surface area contributed by atoms with E-state index < -0.39 is 18.3 Å². The number of aromatic nitrogens is 2. The molecule has 10 nitrogen and oxygen atoms in total. The van der Waals surface area contributed by atoms with E-state index in [4.69, 9.17) is 14.2 Å². The number of nitrogens with zero attached hydrogens (tertiary/aromatic N) is 2. The van der Waals surface area contributed by atoms with E-state index in [9.17, 15) is 14.7 Å². The highest BCUT2D eigenvalue weighted by atomic mass is 32.2. The molecule has 4 rings (SSSR count). The number of aryl methyl sites for hydroxylation is 1. The summed E-state index contributed by atoms with van der Waals surface area (Å²) in [5, 5.41) is 15.5. The van der Waals surface area contributed by atoms with Gasteiger partial charge in [-0.2, -0.15) is 0 Å². The van der Waals surface area contributed by atoms with Crippen LogP contribution in [0.2, 0.25) is 0 Å². The van der Waals surface area contributed by atoms with Gasteiger partial charge in [0, 0.05) is 42.9 Å². The van der Waals surface area contributed by atoms with Crippen LogP contribution in [0.1, 0.15) is 42.4 Å². The Labute approximate surface area is 225 Å². The molecule has 0 radical (unpaired) electrons. The highest BCUT2D eigenvalue weighted by molar-refractivity contribution is 7.99. The number of carbonyl (C=O) groups is 2. The highest BCUT2D eigenvalue weighted by Crippen LogP contribution is 2.39. The summed E-state index contributed by atoms with van der Waals surface area (Å²) < 4.78 is 19.5. The number of aliphatic hydroxyl groups is 1. The maximum absolute atomic E-state index is 12.1. The second-order valence-electron chi connectivity index (χ2n) is 8.72. The molecule has 11 heteroatoms. The van der Waals surface area contributed by atoms with E-state index in [1.165, 1.54) is 0 Å². The number of rotatable bonds is 10. The summed E-state index contributed by atoms with van der Waals surface area (Å²) in [5.74, 6) is 0.205. The number of amides is 2. The van der Waals surface area contributed by atoms with Crippen LogP contribution in [0, 0.1) is 0 Å². The molecule has 3 aromatic rings. The van der Waals surface area contributed by atoms with E-state index in [0.717, 1.165) is 21.8 Å². The largest absolute Gasteiger partial charge is 0.465 e. The number of benzene rings is 2. The van der Waals surface area contributed by atoms with E-state index >= 15 is 0 Å². The van der Waals surface area contributed by atoms with Crippen LogP contribution in [0.15, 0.2) is 66.1 Å². The Bertz CT molecular complexity index is 1200. The zero-order chi connectivity index (χ0) is 26.9. The normalized spacial score (nSPS) is 19.1. The summed E-state index contributed by atoms with van der Waals surface area (Å²) in [5.41, 5.74) is 3.22. The van der Waals surface area contributed by atoms with Crippen LogP contribution >= 0.6 is 11.8 Å². The number of esters is 1. The van der Waals surface area contributed by atoms with E-state index in [-0.39, 0.29) is 32.0 Å². The lowest BCUT2D eigenvalue weighted by atomic mass is 10.0. The van der Waals surface area contributed by atoms with Gasteiger partial charge < -0.3 is 34.5 Å². The van der Waals surface area contributed by atoms with Gasteiger partial charge in [-0.05, 0) is 30.2 Å². The van der Waals surface area contributed by atoms with Crippen molar-refractivity contribution in [3.8, 4) is 0 Å². The first-order chi connectivity index (χ1) is 18.4. The fourth-order valence-corrected chi connectivity index (χ4v) is 4.89. The zero-order valence-electron chi connectivity index (χ0n) is 21.3. The SMILES string of the molecule is CCOC(=O)CNC(=O)Nc1ccc([C@@H]2O[C@H](CSc3nccn3C)C[C@H](c3ccc(CO)cc3)O2)cc1. The van der Waals surface area contributed by atoms with Gasteiger partial charge in [-0.1, -0.05) is 48.2 Å². The topological polar surface area (TPSA) is 124 Å². The van der Waals surface area contributed by atoms with Gasteiger partial charge in [0.2, 0.25) is 0 Å². The van der Waals surface area contributed by atoms with Crippen molar-refractivity contribution in [3.63, 3.8) is 0 Å². The second kappa shape index (κ2) is 13.4. The third-order valence-electron chi connectivity index (χ3n) is 5.93. The molecule has 202 valence electrons. The Hall–Kier alpha value is -3.38. The van der Waals surface area contributed by atoms with Gasteiger partial charge in [-0.3, -0.25) is 4.79 Å². The number of anilines is 1. The predicted octanol–water partition coefficient (Wildman–Crippen LogP) is 3.93. The van der Waals surface area contributed by atoms with Crippen molar-refractivity contribution >= 4 is 29.4 Å². The van der Waals surface area contributed by atoms with Crippen LogP contribution < -0.4 is 10.6 Å². The average molecular weight is 541 g/mol. The Balaban J connectivity index is 1.43. The molecule has 0 bridgehead atoms. The standard InChI is InChI=1S/C27H32N4O6S/c1-3-35-24(33)15-29-26(34)30-21-10-8-20(9-11-21)25-36-22(17-38-27-28-12-13-31(27)2)14-23(37-25)19-6-4-18(16-32)5-7-19/h4-13,22-23,25,32H,3,14-17H2,1-2H3,(H2,29,30,34)/t22-,23+,25+/m0/s1. The number of carbonyl (C=O) groups excluding carboxylic acids is 2. The molecular formula is C27H32N4O6S. The molecule has 1 fully saturated rings. The molecule has 2 amide bonds. The molecule has 1 saturated heterocycles. The molecule has 1 aromatic heterocycles. The van der Waals surface area contributed by atoms with Crippen molar-refractivity contribution in [2.24, 2.45) is 7.05 Å². The minimum atomic E-state index is -0.607. The van der Waals surface area contributed by atoms with Crippen LogP contribution in [0.4, 0.5) is 10.5 Å².